The number of carboxylic acid groups (broad SMARTS) is 1. The Morgan fingerprint density at radius 3 is 2.67 bits per heavy atom. The summed E-state index contributed by atoms with van der Waals surface area (Å²) in [6.45, 7) is 8.74. The van der Waals surface area contributed by atoms with Gasteiger partial charge in [-0.15, -0.1) is 0 Å². The summed E-state index contributed by atoms with van der Waals surface area (Å²) in [5, 5.41) is 11.8. The number of carboxylic acids is 1. The van der Waals surface area contributed by atoms with Crippen molar-refractivity contribution in [3.8, 4) is 0 Å². The second kappa shape index (κ2) is 7.96. The summed E-state index contributed by atoms with van der Waals surface area (Å²) in [6, 6.07) is -0.532. The van der Waals surface area contributed by atoms with Crippen LogP contribution in [0.25, 0.3) is 0 Å². The van der Waals surface area contributed by atoms with Crippen molar-refractivity contribution < 1.29 is 19.5 Å². The molecule has 0 aromatic rings. The molecule has 0 saturated carbocycles. The lowest BCUT2D eigenvalue weighted by Gasteiger charge is -2.27. The molecule has 2 N–H and O–H groups in total. The van der Waals surface area contributed by atoms with Gasteiger partial charge in [0.1, 0.15) is 6.04 Å². The maximum atomic E-state index is 12.3. The highest BCUT2D eigenvalue weighted by molar-refractivity contribution is 5.91. The van der Waals surface area contributed by atoms with Crippen molar-refractivity contribution in [1.82, 2.24) is 15.1 Å². The minimum absolute atomic E-state index is 0.00507. The van der Waals surface area contributed by atoms with Gasteiger partial charge in [-0.05, 0) is 31.8 Å². The van der Waals surface area contributed by atoms with Gasteiger partial charge in [0.05, 0.1) is 5.92 Å². The zero-order valence-corrected chi connectivity index (χ0v) is 14.8. The fourth-order valence-electron chi connectivity index (χ4n) is 3.68. The molecule has 7 heteroatoms. The van der Waals surface area contributed by atoms with Crippen LogP contribution in [-0.4, -0.2) is 71.0 Å². The Kier molecular flexibility index (Phi) is 6.21. The molecule has 0 aliphatic carbocycles. The van der Waals surface area contributed by atoms with Gasteiger partial charge in [-0.3, -0.25) is 14.5 Å². The van der Waals surface area contributed by atoms with Gasteiger partial charge in [0.25, 0.3) is 0 Å². The Hall–Kier alpha value is -1.63. The highest BCUT2D eigenvalue weighted by Crippen LogP contribution is 2.23. The van der Waals surface area contributed by atoms with Crippen LogP contribution in [-0.2, 0) is 14.4 Å². The van der Waals surface area contributed by atoms with Crippen LogP contribution < -0.4 is 5.32 Å². The fraction of sp³-hybridized carbons (Fsp3) is 0.824. The summed E-state index contributed by atoms with van der Waals surface area (Å²) in [6.07, 6.45) is 2.41. The molecular weight excluding hydrogens is 310 g/mol. The van der Waals surface area contributed by atoms with E-state index in [2.05, 4.69) is 17.1 Å². The monoisotopic (exact) mass is 339 g/mol. The molecule has 2 amide bonds. The zero-order valence-electron chi connectivity index (χ0n) is 14.8. The van der Waals surface area contributed by atoms with Gasteiger partial charge in [0.15, 0.2) is 0 Å². The number of carbonyl (C=O) groups is 3. The topological polar surface area (TPSA) is 89.9 Å². The molecule has 0 radical (unpaired) electrons. The van der Waals surface area contributed by atoms with E-state index in [0.29, 0.717) is 19.1 Å². The molecule has 2 aliphatic rings. The normalized spacial score (nSPS) is 26.2. The number of nitrogens with zero attached hydrogens (tertiary/aromatic N) is 2. The number of carbonyl (C=O) groups excluding carboxylic acids is 2. The molecule has 0 spiro atoms. The number of hydrogen-bond acceptors (Lipinski definition) is 4. The number of hydrogen-bond donors (Lipinski definition) is 2. The molecule has 2 rings (SSSR count). The van der Waals surface area contributed by atoms with Crippen LogP contribution in [0.3, 0.4) is 0 Å². The van der Waals surface area contributed by atoms with Gasteiger partial charge in [-0.25, -0.2) is 4.79 Å². The van der Waals surface area contributed by atoms with Gasteiger partial charge in [-0.2, -0.15) is 0 Å². The summed E-state index contributed by atoms with van der Waals surface area (Å²) in [5.41, 5.74) is 0. The number of aliphatic carboxylic acids is 1. The third-order valence-corrected chi connectivity index (χ3v) is 5.15. The first kappa shape index (κ1) is 18.7. The molecule has 2 fully saturated rings. The molecular formula is C17H29N3O4. The SMILES string of the molecule is CCN1CCC[C@H]1CN1C[C@@H](C(=O)N[C@H](C(=O)O)C(C)C)CC1=O. The van der Waals surface area contributed by atoms with Crippen LogP contribution in [0.4, 0.5) is 0 Å². The van der Waals surface area contributed by atoms with Crippen LogP contribution in [0.1, 0.15) is 40.0 Å². The minimum atomic E-state index is -1.04. The third-order valence-electron chi connectivity index (χ3n) is 5.15. The first-order chi connectivity index (χ1) is 11.3. The van der Waals surface area contributed by atoms with Gasteiger partial charge < -0.3 is 15.3 Å². The van der Waals surface area contributed by atoms with Gasteiger partial charge in [0.2, 0.25) is 11.8 Å². The molecule has 2 heterocycles. The number of amides is 2. The van der Waals surface area contributed by atoms with E-state index in [-0.39, 0.29) is 24.2 Å². The Balaban J connectivity index is 1.91. The fourth-order valence-corrected chi connectivity index (χ4v) is 3.68. The molecule has 0 aromatic carbocycles. The molecule has 0 unspecified atom stereocenters. The van der Waals surface area contributed by atoms with E-state index < -0.39 is 17.9 Å². The van der Waals surface area contributed by atoms with Crippen molar-refractivity contribution in [2.24, 2.45) is 11.8 Å². The van der Waals surface area contributed by atoms with E-state index in [4.69, 9.17) is 0 Å². The molecule has 7 nitrogen and oxygen atoms in total. The molecule has 2 saturated heterocycles. The lowest BCUT2D eigenvalue weighted by Crippen LogP contribution is -2.47. The Bertz CT molecular complexity index is 494. The van der Waals surface area contributed by atoms with Crippen molar-refractivity contribution in [1.29, 1.82) is 0 Å². The summed E-state index contributed by atoms with van der Waals surface area (Å²) in [4.78, 5) is 40.0. The summed E-state index contributed by atoms with van der Waals surface area (Å²) in [7, 11) is 0. The van der Waals surface area contributed by atoms with Gasteiger partial charge in [-0.1, -0.05) is 20.8 Å². The number of likely N-dealkylation sites (tertiary alicyclic amines) is 2. The maximum absolute atomic E-state index is 12.3. The van der Waals surface area contributed by atoms with Gasteiger partial charge in [0, 0.05) is 25.6 Å². The van der Waals surface area contributed by atoms with Crippen molar-refractivity contribution in [2.45, 2.75) is 52.1 Å². The average molecular weight is 339 g/mol. The standard InChI is InChI=1S/C17H29N3O4/c1-4-19-7-5-6-13(19)10-20-9-12(8-14(20)21)16(22)18-15(11(2)3)17(23)24/h11-13,15H,4-10H2,1-3H3,(H,18,22)(H,23,24)/t12-,13-,15-/m0/s1. The third kappa shape index (κ3) is 4.26. The summed E-state index contributed by atoms with van der Waals surface area (Å²) < 4.78 is 0. The number of likely N-dealkylation sites (N-methyl/N-ethyl adjacent to an activating group) is 1. The molecule has 3 atom stereocenters. The number of nitrogens with one attached hydrogen (secondary N) is 1. The predicted molar refractivity (Wildman–Crippen MR) is 89.4 cm³/mol. The first-order valence-electron chi connectivity index (χ1n) is 8.88. The molecule has 0 bridgehead atoms. The van der Waals surface area contributed by atoms with E-state index in [9.17, 15) is 19.5 Å². The molecule has 0 aromatic heterocycles. The maximum Gasteiger partial charge on any atom is 0.326 e. The lowest BCUT2D eigenvalue weighted by atomic mass is 10.0. The van der Waals surface area contributed by atoms with Crippen molar-refractivity contribution in [3.63, 3.8) is 0 Å². The highest BCUT2D eigenvalue weighted by atomic mass is 16.4. The van der Waals surface area contributed by atoms with Crippen LogP contribution in [0.5, 0.6) is 0 Å². The van der Waals surface area contributed by atoms with Crippen LogP contribution in [0.15, 0.2) is 0 Å². The molecule has 24 heavy (non-hydrogen) atoms. The van der Waals surface area contributed by atoms with E-state index in [1.165, 1.54) is 0 Å². The average Bonchev–Trinajstić information content (AvgIpc) is 3.11. The smallest absolute Gasteiger partial charge is 0.326 e. The summed E-state index contributed by atoms with van der Waals surface area (Å²) in [5.74, 6) is -2.02. The van der Waals surface area contributed by atoms with Crippen LogP contribution in [0, 0.1) is 11.8 Å². The second-order valence-corrected chi connectivity index (χ2v) is 7.19. The Morgan fingerprint density at radius 2 is 2.08 bits per heavy atom. The largest absolute Gasteiger partial charge is 0.480 e. The zero-order chi connectivity index (χ0) is 17.9. The quantitative estimate of drug-likeness (QED) is 0.707. The minimum Gasteiger partial charge on any atom is -0.480 e. The highest BCUT2D eigenvalue weighted by Gasteiger charge is 2.38. The predicted octanol–water partition coefficient (Wildman–Crippen LogP) is 0.545. The van der Waals surface area contributed by atoms with E-state index in [0.717, 1.165) is 25.9 Å². The number of rotatable bonds is 7. The Morgan fingerprint density at radius 1 is 1.38 bits per heavy atom. The van der Waals surface area contributed by atoms with Crippen molar-refractivity contribution in [2.75, 3.05) is 26.2 Å². The second-order valence-electron chi connectivity index (χ2n) is 7.19. The first-order valence-corrected chi connectivity index (χ1v) is 8.88. The van der Waals surface area contributed by atoms with E-state index in [1.807, 2.05) is 0 Å². The van der Waals surface area contributed by atoms with Gasteiger partial charge >= 0.3 is 5.97 Å². The molecule has 136 valence electrons. The van der Waals surface area contributed by atoms with Crippen LogP contribution in [0.2, 0.25) is 0 Å². The summed E-state index contributed by atoms with van der Waals surface area (Å²) >= 11 is 0. The van der Waals surface area contributed by atoms with E-state index >= 15 is 0 Å². The Labute approximate surface area is 143 Å². The van der Waals surface area contributed by atoms with Crippen LogP contribution >= 0.6 is 0 Å². The van der Waals surface area contributed by atoms with E-state index in [1.54, 1.807) is 18.7 Å². The van der Waals surface area contributed by atoms with Crippen molar-refractivity contribution in [3.05, 3.63) is 0 Å². The van der Waals surface area contributed by atoms with Crippen molar-refractivity contribution >= 4 is 17.8 Å². The lowest BCUT2D eigenvalue weighted by molar-refractivity contribution is -0.143. The molecule has 2 aliphatic heterocycles.